The summed E-state index contributed by atoms with van der Waals surface area (Å²) in [5.41, 5.74) is 3.29. The average Bonchev–Trinajstić information content (AvgIpc) is 2.84. The van der Waals surface area contributed by atoms with Gasteiger partial charge in [-0.05, 0) is 51.0 Å². The lowest BCUT2D eigenvalue weighted by atomic mass is 10.1. The lowest BCUT2D eigenvalue weighted by molar-refractivity contribution is -0.117. The highest BCUT2D eigenvalue weighted by molar-refractivity contribution is 5.96. The quantitative estimate of drug-likeness (QED) is 0.929. The van der Waals surface area contributed by atoms with E-state index in [1.54, 1.807) is 9.80 Å². The van der Waals surface area contributed by atoms with Gasteiger partial charge in [0.1, 0.15) is 0 Å². The first-order valence-corrected chi connectivity index (χ1v) is 7.89. The largest absolute Gasteiger partial charge is 0.333 e. The summed E-state index contributed by atoms with van der Waals surface area (Å²) < 4.78 is 0. The Balaban J connectivity index is 2.04. The molecule has 0 spiro atoms. The van der Waals surface area contributed by atoms with Crippen molar-refractivity contribution in [2.45, 2.75) is 40.2 Å². The Bertz CT molecular complexity index is 567. The molecule has 1 saturated heterocycles. The van der Waals surface area contributed by atoms with Crippen molar-refractivity contribution < 1.29 is 9.59 Å². The molecule has 0 saturated carbocycles. The summed E-state index contributed by atoms with van der Waals surface area (Å²) in [6.07, 6.45) is 0.361. The van der Waals surface area contributed by atoms with Gasteiger partial charge in [-0.2, -0.15) is 0 Å². The second kappa shape index (κ2) is 6.81. The number of carbonyl (C=O) groups is 2. The van der Waals surface area contributed by atoms with Crippen molar-refractivity contribution in [3.05, 3.63) is 29.3 Å². The highest BCUT2D eigenvalue weighted by Gasteiger charge is 2.32. The standard InChI is InChI=1S/C17H25N3O2/c1-5-19(6-2)17(22)18-14-10-16(21)20(11-14)15-8-7-12(3)13(4)9-15/h7-9,14H,5-6,10-11H2,1-4H3,(H,18,22)/t14-/m1/s1. The van der Waals surface area contributed by atoms with Crippen LogP contribution in [0.1, 0.15) is 31.4 Å². The molecule has 0 aromatic heterocycles. The number of nitrogens with one attached hydrogen (secondary N) is 1. The van der Waals surface area contributed by atoms with E-state index in [0.717, 1.165) is 5.69 Å². The van der Waals surface area contributed by atoms with Gasteiger partial charge in [-0.25, -0.2) is 4.79 Å². The van der Waals surface area contributed by atoms with E-state index in [9.17, 15) is 9.59 Å². The normalized spacial score (nSPS) is 17.7. The molecule has 1 fully saturated rings. The lowest BCUT2D eigenvalue weighted by Crippen LogP contribution is -2.45. The fraction of sp³-hybridized carbons (Fsp3) is 0.529. The summed E-state index contributed by atoms with van der Waals surface area (Å²) >= 11 is 0. The second-order valence-electron chi connectivity index (χ2n) is 5.80. The summed E-state index contributed by atoms with van der Waals surface area (Å²) in [6.45, 7) is 9.87. The molecule has 0 radical (unpaired) electrons. The first-order valence-electron chi connectivity index (χ1n) is 7.89. The molecule has 1 aliphatic rings. The summed E-state index contributed by atoms with van der Waals surface area (Å²) in [6, 6.07) is 5.81. The number of anilines is 1. The molecule has 1 atom stereocenters. The van der Waals surface area contributed by atoms with Gasteiger partial charge < -0.3 is 15.1 Å². The van der Waals surface area contributed by atoms with E-state index in [0.29, 0.717) is 26.1 Å². The fourth-order valence-corrected chi connectivity index (χ4v) is 2.72. The molecule has 1 aliphatic heterocycles. The van der Waals surface area contributed by atoms with Gasteiger partial charge in [0.05, 0.1) is 6.04 Å². The second-order valence-corrected chi connectivity index (χ2v) is 5.80. The molecule has 2 rings (SSSR count). The van der Waals surface area contributed by atoms with Gasteiger partial charge in [-0.3, -0.25) is 4.79 Å². The van der Waals surface area contributed by atoms with E-state index >= 15 is 0 Å². The van der Waals surface area contributed by atoms with E-state index in [1.165, 1.54) is 11.1 Å². The first-order chi connectivity index (χ1) is 10.5. The van der Waals surface area contributed by atoms with Crippen molar-refractivity contribution in [2.24, 2.45) is 0 Å². The third-order valence-electron chi connectivity index (χ3n) is 4.31. The Morgan fingerprint density at radius 3 is 2.55 bits per heavy atom. The Kier molecular flexibility index (Phi) is 5.06. The van der Waals surface area contributed by atoms with E-state index < -0.39 is 0 Å². The maximum absolute atomic E-state index is 12.2. The Morgan fingerprint density at radius 2 is 1.95 bits per heavy atom. The molecule has 1 aromatic carbocycles. The van der Waals surface area contributed by atoms with E-state index in [-0.39, 0.29) is 18.0 Å². The van der Waals surface area contributed by atoms with E-state index in [1.807, 2.05) is 39.0 Å². The molecule has 120 valence electrons. The Hall–Kier alpha value is -2.04. The van der Waals surface area contributed by atoms with Crippen molar-refractivity contribution in [3.63, 3.8) is 0 Å². The van der Waals surface area contributed by atoms with Gasteiger partial charge in [0, 0.05) is 31.7 Å². The number of nitrogens with zero attached hydrogens (tertiary/aromatic N) is 2. The van der Waals surface area contributed by atoms with Gasteiger partial charge in [-0.1, -0.05) is 6.07 Å². The van der Waals surface area contributed by atoms with Gasteiger partial charge in [0.15, 0.2) is 0 Å². The average molecular weight is 303 g/mol. The fourth-order valence-electron chi connectivity index (χ4n) is 2.72. The van der Waals surface area contributed by atoms with Crippen molar-refractivity contribution >= 4 is 17.6 Å². The molecule has 22 heavy (non-hydrogen) atoms. The third kappa shape index (κ3) is 3.40. The van der Waals surface area contributed by atoms with Crippen LogP contribution < -0.4 is 10.2 Å². The van der Waals surface area contributed by atoms with E-state index in [2.05, 4.69) is 12.2 Å². The number of aryl methyl sites for hydroxylation is 2. The molecule has 0 aliphatic carbocycles. The van der Waals surface area contributed by atoms with Crippen LogP contribution in [0, 0.1) is 13.8 Å². The smallest absolute Gasteiger partial charge is 0.317 e. The Morgan fingerprint density at radius 1 is 1.27 bits per heavy atom. The predicted octanol–water partition coefficient (Wildman–Crippen LogP) is 2.46. The van der Waals surface area contributed by atoms with Crippen LogP contribution >= 0.6 is 0 Å². The number of amides is 3. The number of carbonyl (C=O) groups excluding carboxylic acids is 2. The first kappa shape index (κ1) is 16.3. The molecule has 1 aromatic rings. The minimum absolute atomic E-state index is 0.0631. The summed E-state index contributed by atoms with van der Waals surface area (Å²) in [5, 5.41) is 2.96. The monoisotopic (exact) mass is 303 g/mol. The molecule has 1 heterocycles. The highest BCUT2D eigenvalue weighted by Crippen LogP contribution is 2.24. The number of hydrogen-bond donors (Lipinski definition) is 1. The van der Waals surface area contributed by atoms with Crippen LogP contribution in [0.4, 0.5) is 10.5 Å². The number of rotatable bonds is 4. The zero-order chi connectivity index (χ0) is 16.3. The summed E-state index contributed by atoms with van der Waals surface area (Å²) in [5.74, 6) is 0.0631. The zero-order valence-corrected chi connectivity index (χ0v) is 13.8. The van der Waals surface area contributed by atoms with Crippen LogP contribution in [0.25, 0.3) is 0 Å². The van der Waals surface area contributed by atoms with Crippen LogP contribution in [0.15, 0.2) is 18.2 Å². The van der Waals surface area contributed by atoms with Crippen LogP contribution in [0.3, 0.4) is 0 Å². The molecule has 5 heteroatoms. The summed E-state index contributed by atoms with van der Waals surface area (Å²) in [4.78, 5) is 27.8. The van der Waals surface area contributed by atoms with E-state index in [4.69, 9.17) is 0 Å². The van der Waals surface area contributed by atoms with Crippen molar-refractivity contribution in [1.29, 1.82) is 0 Å². The van der Waals surface area contributed by atoms with Crippen LogP contribution in [-0.2, 0) is 4.79 Å². The van der Waals surface area contributed by atoms with Gasteiger partial charge in [0.2, 0.25) is 5.91 Å². The SMILES string of the molecule is CCN(CC)C(=O)N[C@@H]1CC(=O)N(c2ccc(C)c(C)c2)C1. The topological polar surface area (TPSA) is 52.7 Å². The minimum Gasteiger partial charge on any atom is -0.333 e. The molecular formula is C17H25N3O2. The molecule has 1 N–H and O–H groups in total. The van der Waals surface area contributed by atoms with Gasteiger partial charge in [-0.15, -0.1) is 0 Å². The number of hydrogen-bond acceptors (Lipinski definition) is 2. The number of urea groups is 1. The molecule has 0 unspecified atom stereocenters. The third-order valence-corrected chi connectivity index (χ3v) is 4.31. The molecule has 0 bridgehead atoms. The Labute approximate surface area is 132 Å². The molecule has 5 nitrogen and oxygen atoms in total. The molecular weight excluding hydrogens is 278 g/mol. The molecule has 3 amide bonds. The number of benzene rings is 1. The lowest BCUT2D eigenvalue weighted by Gasteiger charge is -2.22. The van der Waals surface area contributed by atoms with Gasteiger partial charge in [0.25, 0.3) is 0 Å². The highest BCUT2D eigenvalue weighted by atomic mass is 16.2. The van der Waals surface area contributed by atoms with Crippen LogP contribution in [0.5, 0.6) is 0 Å². The zero-order valence-electron chi connectivity index (χ0n) is 13.8. The summed E-state index contributed by atoms with van der Waals surface area (Å²) in [7, 11) is 0. The van der Waals surface area contributed by atoms with Crippen LogP contribution in [0.2, 0.25) is 0 Å². The minimum atomic E-state index is -0.123. The maximum Gasteiger partial charge on any atom is 0.317 e. The van der Waals surface area contributed by atoms with Crippen LogP contribution in [-0.4, -0.2) is 42.5 Å². The van der Waals surface area contributed by atoms with Crippen molar-refractivity contribution in [1.82, 2.24) is 10.2 Å². The predicted molar refractivity (Wildman–Crippen MR) is 88.1 cm³/mol. The van der Waals surface area contributed by atoms with Crippen molar-refractivity contribution in [2.75, 3.05) is 24.5 Å². The van der Waals surface area contributed by atoms with Gasteiger partial charge >= 0.3 is 6.03 Å². The van der Waals surface area contributed by atoms with Crippen molar-refractivity contribution in [3.8, 4) is 0 Å². The maximum atomic E-state index is 12.2.